The third-order valence-electron chi connectivity index (χ3n) is 8.64. The number of fused-ring (bicyclic) bond motifs is 7. The largest absolute Gasteiger partial charge is 0.251 e. The summed E-state index contributed by atoms with van der Waals surface area (Å²) in [5.74, 6) is 0.0568. The fourth-order valence-corrected chi connectivity index (χ4v) is 6.76. The van der Waals surface area contributed by atoms with Crippen LogP contribution in [0.15, 0.2) is 145 Å². The van der Waals surface area contributed by atoms with Gasteiger partial charge in [0, 0.05) is 10.8 Å². The molecule has 1 heterocycles. The number of allylic oxidation sites excluding steroid dienone is 5. The van der Waals surface area contributed by atoms with Gasteiger partial charge in [-0.05, 0) is 74.9 Å². The molecule has 1 aromatic heterocycles. The topological polar surface area (TPSA) is 12.9 Å². The molecule has 2 aliphatic carbocycles. The molecule has 1 atom stereocenters. The lowest BCUT2D eigenvalue weighted by atomic mass is 9.88. The lowest BCUT2D eigenvalue weighted by Crippen LogP contribution is -2.04. The summed E-state index contributed by atoms with van der Waals surface area (Å²) < 4.78 is 0. The summed E-state index contributed by atoms with van der Waals surface area (Å²) >= 11 is 0. The maximum Gasteiger partial charge on any atom is 0.0790 e. The van der Waals surface area contributed by atoms with Crippen molar-refractivity contribution in [1.29, 1.82) is 0 Å². The Morgan fingerprint density at radius 1 is 0.659 bits per heavy atom. The molecule has 2 aliphatic rings. The molecule has 1 nitrogen and oxygen atoms in total. The zero-order valence-corrected chi connectivity index (χ0v) is 23.0. The second-order valence-electron chi connectivity index (χ2n) is 11.2. The van der Waals surface area contributed by atoms with E-state index in [-0.39, 0.29) is 5.92 Å². The first-order valence-corrected chi connectivity index (χ1v) is 14.4. The van der Waals surface area contributed by atoms with Gasteiger partial charge in [0.1, 0.15) is 0 Å². The summed E-state index contributed by atoms with van der Waals surface area (Å²) in [5, 5.41) is 3.61. The highest BCUT2D eigenvalue weighted by Gasteiger charge is 2.34. The Morgan fingerprint density at radius 3 is 2.37 bits per heavy atom. The summed E-state index contributed by atoms with van der Waals surface area (Å²) in [7, 11) is 0. The van der Waals surface area contributed by atoms with E-state index in [1.54, 1.807) is 0 Å². The van der Waals surface area contributed by atoms with Gasteiger partial charge in [-0.3, -0.25) is 4.98 Å². The average molecular weight is 524 g/mol. The van der Waals surface area contributed by atoms with Gasteiger partial charge in [-0.2, -0.15) is 0 Å². The fraction of sp³-hybridized carbons (Fsp3) is 0.0750. The molecule has 1 heteroatoms. The second kappa shape index (κ2) is 9.57. The number of hydrogen-bond acceptors (Lipinski definition) is 1. The van der Waals surface area contributed by atoms with E-state index < -0.39 is 0 Å². The van der Waals surface area contributed by atoms with E-state index in [2.05, 4.69) is 146 Å². The van der Waals surface area contributed by atoms with E-state index in [0.29, 0.717) is 0 Å². The molecule has 0 aliphatic heterocycles. The van der Waals surface area contributed by atoms with Crippen molar-refractivity contribution in [2.75, 3.05) is 0 Å². The van der Waals surface area contributed by atoms with Crippen molar-refractivity contribution in [3.05, 3.63) is 173 Å². The van der Waals surface area contributed by atoms with E-state index in [9.17, 15) is 0 Å². The molecule has 41 heavy (non-hydrogen) atoms. The standard InChI is InChI=1S/C40H29N/c1-26-23-30-15-6-5-11-27(30)19-21-34-37(24-26)32-17-9-10-18-33(32)39(34)38-25-36(28-12-3-2-4-13-28)35-22-20-29-14-7-8-16-31(29)40(35)41-38/h2-18,20-25,39H,19H2,1H3/b26-23-,34-21+,37-24-. The normalized spacial score (nSPS) is 19.8. The van der Waals surface area contributed by atoms with Crippen LogP contribution in [0.4, 0.5) is 0 Å². The molecule has 0 N–H and O–H groups in total. The fourth-order valence-electron chi connectivity index (χ4n) is 6.76. The Kier molecular flexibility index (Phi) is 5.57. The number of nitrogens with zero attached hydrogens (tertiary/aromatic N) is 1. The summed E-state index contributed by atoms with van der Waals surface area (Å²) in [6, 6.07) is 43.9. The quantitative estimate of drug-likeness (QED) is 0.206. The first-order valence-electron chi connectivity index (χ1n) is 14.4. The first-order chi connectivity index (χ1) is 20.2. The van der Waals surface area contributed by atoms with Gasteiger partial charge in [0.25, 0.3) is 0 Å². The number of aromatic nitrogens is 1. The molecule has 8 rings (SSSR count). The van der Waals surface area contributed by atoms with Crippen molar-refractivity contribution < 1.29 is 0 Å². The van der Waals surface area contributed by atoms with Gasteiger partial charge >= 0.3 is 0 Å². The highest BCUT2D eigenvalue weighted by Crippen LogP contribution is 2.50. The molecule has 1 unspecified atom stereocenters. The monoisotopic (exact) mass is 523 g/mol. The number of hydrogen-bond donors (Lipinski definition) is 0. The minimum absolute atomic E-state index is 0.0568. The zero-order valence-electron chi connectivity index (χ0n) is 23.0. The van der Waals surface area contributed by atoms with E-state index in [1.165, 1.54) is 66.3 Å². The van der Waals surface area contributed by atoms with Crippen molar-refractivity contribution in [3.63, 3.8) is 0 Å². The summed E-state index contributed by atoms with van der Waals surface area (Å²) in [6.45, 7) is 2.22. The van der Waals surface area contributed by atoms with Gasteiger partial charge < -0.3 is 0 Å². The van der Waals surface area contributed by atoms with Crippen LogP contribution in [0.5, 0.6) is 0 Å². The molecule has 0 amide bonds. The molecule has 6 aromatic rings. The zero-order chi connectivity index (χ0) is 27.3. The second-order valence-corrected chi connectivity index (χ2v) is 11.2. The number of rotatable bonds is 2. The summed E-state index contributed by atoms with van der Waals surface area (Å²) in [4.78, 5) is 5.52. The van der Waals surface area contributed by atoms with Crippen molar-refractivity contribution in [1.82, 2.24) is 4.98 Å². The Hall–Kier alpha value is -5.01. The van der Waals surface area contributed by atoms with Gasteiger partial charge in [0.15, 0.2) is 0 Å². The number of pyridine rings is 1. The Bertz CT molecular complexity index is 2070. The van der Waals surface area contributed by atoms with Crippen LogP contribution in [0, 0.1) is 0 Å². The molecular formula is C40H29N. The van der Waals surface area contributed by atoms with Crippen LogP contribution in [0.25, 0.3) is 44.5 Å². The third kappa shape index (κ3) is 3.97. The lowest BCUT2D eigenvalue weighted by Gasteiger charge is -2.18. The van der Waals surface area contributed by atoms with E-state index in [1.807, 2.05) is 0 Å². The van der Waals surface area contributed by atoms with Gasteiger partial charge in [-0.1, -0.05) is 133 Å². The Morgan fingerprint density at radius 2 is 1.44 bits per heavy atom. The highest BCUT2D eigenvalue weighted by molar-refractivity contribution is 6.10. The minimum Gasteiger partial charge on any atom is -0.251 e. The summed E-state index contributed by atoms with van der Waals surface area (Å²) in [6.07, 6.45) is 8.04. The smallest absolute Gasteiger partial charge is 0.0790 e. The minimum atomic E-state index is 0.0568. The summed E-state index contributed by atoms with van der Waals surface area (Å²) in [5.41, 5.74) is 13.8. The van der Waals surface area contributed by atoms with Crippen LogP contribution in [0.1, 0.15) is 40.8 Å². The van der Waals surface area contributed by atoms with Gasteiger partial charge in [-0.25, -0.2) is 0 Å². The van der Waals surface area contributed by atoms with E-state index in [0.717, 1.165) is 17.6 Å². The van der Waals surface area contributed by atoms with E-state index >= 15 is 0 Å². The lowest BCUT2D eigenvalue weighted by molar-refractivity contribution is 0.953. The Labute approximate surface area is 240 Å². The molecule has 5 aromatic carbocycles. The molecular weight excluding hydrogens is 494 g/mol. The van der Waals surface area contributed by atoms with E-state index in [4.69, 9.17) is 4.98 Å². The molecule has 194 valence electrons. The molecule has 0 radical (unpaired) electrons. The SMILES string of the molecule is CC1=C/c2ccccc2C\C=C2/C(=C\1)c1ccccc1C2c1cc(-c2ccccc2)c2ccc3ccccc3c2n1. The van der Waals surface area contributed by atoms with Crippen molar-refractivity contribution in [3.8, 4) is 11.1 Å². The first kappa shape index (κ1) is 23.8. The van der Waals surface area contributed by atoms with Gasteiger partial charge in [0.05, 0.1) is 17.1 Å². The van der Waals surface area contributed by atoms with Crippen LogP contribution < -0.4 is 0 Å². The molecule has 0 saturated carbocycles. The van der Waals surface area contributed by atoms with Crippen LogP contribution >= 0.6 is 0 Å². The maximum absolute atomic E-state index is 5.52. The molecule has 0 fully saturated rings. The predicted molar refractivity (Wildman–Crippen MR) is 173 cm³/mol. The van der Waals surface area contributed by atoms with Gasteiger partial charge in [-0.15, -0.1) is 0 Å². The molecule has 0 saturated heterocycles. The molecule has 0 spiro atoms. The Balaban J connectivity index is 1.43. The molecule has 0 bridgehead atoms. The number of benzene rings is 5. The third-order valence-corrected chi connectivity index (χ3v) is 8.64. The highest BCUT2D eigenvalue weighted by atomic mass is 14.7. The van der Waals surface area contributed by atoms with Crippen molar-refractivity contribution in [2.24, 2.45) is 0 Å². The van der Waals surface area contributed by atoms with Crippen molar-refractivity contribution in [2.45, 2.75) is 19.3 Å². The predicted octanol–water partition coefficient (Wildman–Crippen LogP) is 10.2. The van der Waals surface area contributed by atoms with Crippen LogP contribution in [0.3, 0.4) is 0 Å². The van der Waals surface area contributed by atoms with Gasteiger partial charge in [0.2, 0.25) is 0 Å². The maximum atomic E-state index is 5.52. The van der Waals surface area contributed by atoms with Crippen LogP contribution in [0.2, 0.25) is 0 Å². The van der Waals surface area contributed by atoms with Crippen LogP contribution in [-0.4, -0.2) is 4.98 Å². The van der Waals surface area contributed by atoms with Crippen LogP contribution in [-0.2, 0) is 6.42 Å². The van der Waals surface area contributed by atoms with Crippen molar-refractivity contribution >= 4 is 33.3 Å². The average Bonchev–Trinajstić information content (AvgIpc) is 3.35.